The number of hydrogen-bond donors (Lipinski definition) is 0. The van der Waals surface area contributed by atoms with Gasteiger partial charge in [-0.15, -0.1) is 0 Å². The van der Waals surface area contributed by atoms with E-state index in [1.165, 1.54) is 36.6 Å². The molecule has 0 bridgehead atoms. The predicted molar refractivity (Wildman–Crippen MR) is 106 cm³/mol. The Hall–Kier alpha value is -2.45. The molecule has 0 radical (unpaired) electrons. The number of esters is 1. The number of nitrogens with zero attached hydrogens (tertiary/aromatic N) is 2. The highest BCUT2D eigenvalue weighted by Crippen LogP contribution is 2.20. The molecule has 3 rings (SSSR count). The Balaban J connectivity index is 2.13. The smallest absolute Gasteiger partial charge is 0.337 e. The number of fused-ring (bicyclic) bond motifs is 1. The maximum atomic E-state index is 13.9. The SMILES string of the molecule is COC(=O)c1ccc2c(c1)sc(=NC(=O)c1ccccc1F)n2CCSC. The Morgan fingerprint density at radius 3 is 2.74 bits per heavy atom. The molecule has 0 saturated carbocycles. The van der Waals surface area contributed by atoms with Gasteiger partial charge < -0.3 is 9.30 Å². The van der Waals surface area contributed by atoms with Crippen LogP contribution in [0.5, 0.6) is 0 Å². The Morgan fingerprint density at radius 2 is 2.04 bits per heavy atom. The molecule has 0 atom stereocenters. The van der Waals surface area contributed by atoms with Crippen molar-refractivity contribution in [1.29, 1.82) is 0 Å². The van der Waals surface area contributed by atoms with E-state index in [4.69, 9.17) is 4.74 Å². The lowest BCUT2D eigenvalue weighted by Gasteiger charge is -2.04. The van der Waals surface area contributed by atoms with Gasteiger partial charge in [0.2, 0.25) is 0 Å². The summed E-state index contributed by atoms with van der Waals surface area (Å²) in [6.45, 7) is 0.641. The molecule has 2 aromatic carbocycles. The van der Waals surface area contributed by atoms with Crippen molar-refractivity contribution >= 4 is 45.2 Å². The summed E-state index contributed by atoms with van der Waals surface area (Å²) >= 11 is 2.95. The quantitative estimate of drug-likeness (QED) is 0.608. The standard InChI is InChI=1S/C19H17FN2O3S2/c1-25-18(24)12-7-8-15-16(11-12)27-19(22(15)9-10-26-2)21-17(23)13-5-3-4-6-14(13)20/h3-8,11H,9-10H2,1-2H3. The van der Waals surface area contributed by atoms with Crippen LogP contribution in [0.4, 0.5) is 4.39 Å². The van der Waals surface area contributed by atoms with Crippen molar-refractivity contribution in [2.45, 2.75) is 6.54 Å². The third-order valence-corrected chi connectivity index (χ3v) is 5.56. The second-order valence-electron chi connectivity index (χ2n) is 5.60. The van der Waals surface area contributed by atoms with E-state index >= 15 is 0 Å². The average Bonchev–Trinajstić information content (AvgIpc) is 3.01. The van der Waals surface area contributed by atoms with Crippen molar-refractivity contribution in [3.05, 3.63) is 64.2 Å². The van der Waals surface area contributed by atoms with Crippen molar-refractivity contribution in [2.24, 2.45) is 4.99 Å². The highest BCUT2D eigenvalue weighted by atomic mass is 32.2. The number of carbonyl (C=O) groups is 2. The van der Waals surface area contributed by atoms with Crippen molar-refractivity contribution in [1.82, 2.24) is 4.57 Å². The van der Waals surface area contributed by atoms with Crippen molar-refractivity contribution in [3.8, 4) is 0 Å². The monoisotopic (exact) mass is 404 g/mol. The fourth-order valence-electron chi connectivity index (χ4n) is 2.58. The molecule has 0 fully saturated rings. The molecule has 3 aromatic rings. The first kappa shape index (κ1) is 19.3. The largest absolute Gasteiger partial charge is 0.465 e. The van der Waals surface area contributed by atoms with Gasteiger partial charge in [0.05, 0.1) is 28.5 Å². The minimum Gasteiger partial charge on any atom is -0.465 e. The van der Waals surface area contributed by atoms with Gasteiger partial charge in [0.25, 0.3) is 5.91 Å². The molecule has 0 aliphatic carbocycles. The molecule has 27 heavy (non-hydrogen) atoms. The molecule has 0 aliphatic rings. The first-order valence-electron chi connectivity index (χ1n) is 8.09. The predicted octanol–water partition coefficient (Wildman–Crippen LogP) is 3.73. The second kappa shape index (κ2) is 8.49. The normalized spacial score (nSPS) is 11.7. The van der Waals surface area contributed by atoms with Crippen LogP contribution in [0.3, 0.4) is 0 Å². The number of aromatic nitrogens is 1. The lowest BCUT2D eigenvalue weighted by Crippen LogP contribution is -2.18. The third-order valence-electron chi connectivity index (χ3n) is 3.92. The van der Waals surface area contributed by atoms with Gasteiger partial charge in [0.1, 0.15) is 5.82 Å². The van der Waals surface area contributed by atoms with E-state index in [1.807, 2.05) is 16.9 Å². The molecule has 0 N–H and O–H groups in total. The van der Waals surface area contributed by atoms with Crippen LogP contribution in [0, 0.1) is 5.82 Å². The molecule has 1 aromatic heterocycles. The van der Waals surface area contributed by atoms with Crippen LogP contribution in [0.1, 0.15) is 20.7 Å². The summed E-state index contributed by atoms with van der Waals surface area (Å²) in [5, 5.41) is 0. The zero-order chi connectivity index (χ0) is 19.4. The number of amides is 1. The number of aryl methyl sites for hydroxylation is 1. The van der Waals surface area contributed by atoms with E-state index in [1.54, 1.807) is 30.0 Å². The van der Waals surface area contributed by atoms with Gasteiger partial charge in [-0.05, 0) is 36.6 Å². The Morgan fingerprint density at radius 1 is 1.26 bits per heavy atom. The average molecular weight is 404 g/mol. The summed E-state index contributed by atoms with van der Waals surface area (Å²) in [7, 11) is 1.33. The maximum Gasteiger partial charge on any atom is 0.337 e. The molecule has 0 spiro atoms. The van der Waals surface area contributed by atoms with E-state index in [9.17, 15) is 14.0 Å². The van der Waals surface area contributed by atoms with E-state index in [0.29, 0.717) is 16.9 Å². The van der Waals surface area contributed by atoms with E-state index in [0.717, 1.165) is 16.0 Å². The van der Waals surface area contributed by atoms with E-state index in [-0.39, 0.29) is 5.56 Å². The van der Waals surface area contributed by atoms with Gasteiger partial charge in [-0.1, -0.05) is 23.5 Å². The number of methoxy groups -OCH3 is 1. The number of benzene rings is 2. The Kier molecular flexibility index (Phi) is 6.08. The second-order valence-corrected chi connectivity index (χ2v) is 7.59. The van der Waals surface area contributed by atoms with Crippen molar-refractivity contribution < 1.29 is 18.7 Å². The molecule has 5 nitrogen and oxygen atoms in total. The highest BCUT2D eigenvalue weighted by molar-refractivity contribution is 7.98. The number of rotatable bonds is 5. The minimum atomic E-state index is -0.634. The topological polar surface area (TPSA) is 60.7 Å². The molecule has 0 saturated heterocycles. The van der Waals surface area contributed by atoms with Crippen LogP contribution in [0.25, 0.3) is 10.2 Å². The first-order chi connectivity index (χ1) is 13.0. The van der Waals surface area contributed by atoms with Crippen molar-refractivity contribution in [2.75, 3.05) is 19.1 Å². The molecule has 1 amide bonds. The molecule has 8 heteroatoms. The van der Waals surface area contributed by atoms with Gasteiger partial charge in [-0.2, -0.15) is 16.8 Å². The summed E-state index contributed by atoms with van der Waals surface area (Å²) in [5.74, 6) is -0.838. The molecular formula is C19H17FN2O3S2. The molecule has 140 valence electrons. The fraction of sp³-hybridized carbons (Fsp3) is 0.211. The Bertz CT molecular complexity index is 1070. The van der Waals surface area contributed by atoms with Crippen LogP contribution in [-0.2, 0) is 11.3 Å². The van der Waals surface area contributed by atoms with E-state index < -0.39 is 17.7 Å². The molecule has 0 aliphatic heterocycles. The lowest BCUT2D eigenvalue weighted by atomic mass is 10.2. The van der Waals surface area contributed by atoms with Gasteiger partial charge in [-0.3, -0.25) is 4.79 Å². The highest BCUT2D eigenvalue weighted by Gasteiger charge is 2.14. The molecule has 1 heterocycles. The van der Waals surface area contributed by atoms with Gasteiger partial charge in [0, 0.05) is 12.3 Å². The van der Waals surface area contributed by atoms with Gasteiger partial charge >= 0.3 is 5.97 Å². The number of carbonyl (C=O) groups excluding carboxylic acids is 2. The first-order valence-corrected chi connectivity index (χ1v) is 10.3. The number of ether oxygens (including phenoxy) is 1. The Labute approximate surface area is 163 Å². The summed E-state index contributed by atoms with van der Waals surface area (Å²) in [6.07, 6.45) is 1.99. The lowest BCUT2D eigenvalue weighted by molar-refractivity contribution is 0.0600. The molecule has 0 unspecified atom stereocenters. The zero-order valence-electron chi connectivity index (χ0n) is 14.8. The van der Waals surface area contributed by atoms with Crippen LogP contribution in [-0.4, -0.2) is 35.6 Å². The van der Waals surface area contributed by atoms with Crippen LogP contribution in [0.2, 0.25) is 0 Å². The van der Waals surface area contributed by atoms with Gasteiger partial charge in [-0.25, -0.2) is 9.18 Å². The summed E-state index contributed by atoms with van der Waals surface area (Å²) in [6, 6.07) is 11.0. The number of thioether (sulfide) groups is 1. The summed E-state index contributed by atoms with van der Waals surface area (Å²) < 4.78 is 21.4. The minimum absolute atomic E-state index is 0.0679. The van der Waals surface area contributed by atoms with E-state index in [2.05, 4.69) is 4.99 Å². The number of hydrogen-bond acceptors (Lipinski definition) is 5. The van der Waals surface area contributed by atoms with Gasteiger partial charge in [0.15, 0.2) is 4.80 Å². The maximum absolute atomic E-state index is 13.9. The van der Waals surface area contributed by atoms with Crippen LogP contribution < -0.4 is 4.80 Å². The summed E-state index contributed by atoms with van der Waals surface area (Å²) in [4.78, 5) is 28.9. The third kappa shape index (κ3) is 4.12. The summed E-state index contributed by atoms with van der Waals surface area (Å²) in [5.41, 5.74) is 1.22. The molecular weight excluding hydrogens is 387 g/mol. The van der Waals surface area contributed by atoms with Crippen LogP contribution in [0.15, 0.2) is 47.5 Å². The number of halogens is 1. The number of thiazole rings is 1. The zero-order valence-corrected chi connectivity index (χ0v) is 16.4. The van der Waals surface area contributed by atoms with Crippen LogP contribution >= 0.6 is 23.1 Å². The fourth-order valence-corrected chi connectivity index (χ4v) is 4.04. The van der Waals surface area contributed by atoms with Crippen molar-refractivity contribution in [3.63, 3.8) is 0 Å².